The van der Waals surface area contributed by atoms with Gasteiger partial charge in [-0.15, -0.1) is 0 Å². The van der Waals surface area contributed by atoms with E-state index in [1.165, 1.54) is 0 Å². The molecule has 0 aromatic rings. The SMILES string of the molecule is CCN(CC)C(=O)CN=O. The normalized spacial score (nSPS) is 9.00. The smallest absolute Gasteiger partial charge is 0.247 e. The maximum absolute atomic E-state index is 10.8. The zero-order valence-electron chi connectivity index (χ0n) is 6.33. The standard InChI is InChI=1S/C6H12N2O2/c1-3-8(4-2)6(9)5-7-10/h3-5H2,1-2H3. The zero-order chi connectivity index (χ0) is 7.98. The number of carbonyl (C=O) groups excluding carboxylic acids is 1. The van der Waals surface area contributed by atoms with E-state index in [9.17, 15) is 9.70 Å². The van der Waals surface area contributed by atoms with E-state index >= 15 is 0 Å². The van der Waals surface area contributed by atoms with Crippen LogP contribution in [0.2, 0.25) is 0 Å². The van der Waals surface area contributed by atoms with Crippen LogP contribution in [0.15, 0.2) is 5.18 Å². The average Bonchev–Trinajstić information content (AvgIpc) is 1.91. The van der Waals surface area contributed by atoms with Crippen molar-refractivity contribution in [2.24, 2.45) is 5.18 Å². The molecule has 0 spiro atoms. The van der Waals surface area contributed by atoms with Crippen molar-refractivity contribution in [3.05, 3.63) is 4.91 Å². The van der Waals surface area contributed by atoms with Crippen molar-refractivity contribution in [3.63, 3.8) is 0 Å². The van der Waals surface area contributed by atoms with Crippen LogP contribution in [-0.2, 0) is 4.79 Å². The molecule has 0 atom stereocenters. The summed E-state index contributed by atoms with van der Waals surface area (Å²) >= 11 is 0. The Hall–Kier alpha value is -0.930. The lowest BCUT2D eigenvalue weighted by Crippen LogP contribution is -2.32. The fraction of sp³-hybridized carbons (Fsp3) is 0.833. The molecule has 0 N–H and O–H groups in total. The number of nitroso groups, excluding NO2 is 1. The Morgan fingerprint density at radius 1 is 1.40 bits per heavy atom. The molecule has 58 valence electrons. The summed E-state index contributed by atoms with van der Waals surface area (Å²) in [6, 6.07) is 0. The molecule has 10 heavy (non-hydrogen) atoms. The number of nitrogens with zero attached hydrogens (tertiary/aromatic N) is 2. The predicted molar refractivity (Wildman–Crippen MR) is 38.6 cm³/mol. The molecule has 0 aliphatic heterocycles. The third-order valence-corrected chi connectivity index (χ3v) is 1.32. The van der Waals surface area contributed by atoms with Gasteiger partial charge in [0, 0.05) is 13.1 Å². The highest BCUT2D eigenvalue weighted by Gasteiger charge is 2.07. The molecule has 0 saturated heterocycles. The Morgan fingerprint density at radius 2 is 1.90 bits per heavy atom. The van der Waals surface area contributed by atoms with Gasteiger partial charge in [-0.05, 0) is 13.8 Å². The van der Waals surface area contributed by atoms with Gasteiger partial charge in [-0.3, -0.25) is 4.79 Å². The molecule has 1 amide bonds. The van der Waals surface area contributed by atoms with Gasteiger partial charge in [-0.2, -0.15) is 4.91 Å². The van der Waals surface area contributed by atoms with Crippen molar-refractivity contribution >= 4 is 5.91 Å². The van der Waals surface area contributed by atoms with E-state index in [0.717, 1.165) is 0 Å². The first kappa shape index (κ1) is 9.07. The first-order valence-electron chi connectivity index (χ1n) is 3.33. The molecule has 0 radical (unpaired) electrons. The van der Waals surface area contributed by atoms with Crippen LogP contribution in [0.4, 0.5) is 0 Å². The third kappa shape index (κ3) is 2.57. The zero-order valence-corrected chi connectivity index (χ0v) is 6.33. The molecule has 0 bridgehead atoms. The molecule has 0 rings (SSSR count). The minimum absolute atomic E-state index is 0.194. The molecular weight excluding hydrogens is 132 g/mol. The summed E-state index contributed by atoms with van der Waals surface area (Å²) < 4.78 is 0. The highest BCUT2D eigenvalue weighted by Crippen LogP contribution is 1.88. The average molecular weight is 144 g/mol. The van der Waals surface area contributed by atoms with E-state index in [0.29, 0.717) is 13.1 Å². The van der Waals surface area contributed by atoms with E-state index < -0.39 is 0 Å². The van der Waals surface area contributed by atoms with E-state index in [-0.39, 0.29) is 12.5 Å². The van der Waals surface area contributed by atoms with Crippen molar-refractivity contribution in [2.75, 3.05) is 19.6 Å². The number of amides is 1. The topological polar surface area (TPSA) is 49.7 Å². The van der Waals surface area contributed by atoms with Gasteiger partial charge >= 0.3 is 0 Å². The minimum Gasteiger partial charge on any atom is -0.342 e. The molecular formula is C6H12N2O2. The van der Waals surface area contributed by atoms with E-state index in [4.69, 9.17) is 0 Å². The second-order valence-electron chi connectivity index (χ2n) is 1.85. The highest BCUT2D eigenvalue weighted by atomic mass is 16.3. The van der Waals surface area contributed by atoms with Gasteiger partial charge in [-0.25, -0.2) is 0 Å². The number of carbonyl (C=O) groups is 1. The van der Waals surface area contributed by atoms with Gasteiger partial charge in [0.25, 0.3) is 0 Å². The Balaban J connectivity index is 3.76. The molecule has 0 aromatic heterocycles. The summed E-state index contributed by atoms with van der Waals surface area (Å²) in [4.78, 5) is 22.1. The van der Waals surface area contributed by atoms with Crippen LogP contribution in [-0.4, -0.2) is 30.4 Å². The van der Waals surface area contributed by atoms with Gasteiger partial charge in [-0.1, -0.05) is 5.18 Å². The molecule has 0 aliphatic carbocycles. The summed E-state index contributed by atoms with van der Waals surface area (Å²) in [5, 5.41) is 2.51. The molecule has 0 aromatic carbocycles. The number of rotatable bonds is 4. The van der Waals surface area contributed by atoms with Gasteiger partial charge < -0.3 is 4.90 Å². The number of hydrogen-bond acceptors (Lipinski definition) is 3. The van der Waals surface area contributed by atoms with Crippen molar-refractivity contribution in [2.45, 2.75) is 13.8 Å². The summed E-state index contributed by atoms with van der Waals surface area (Å²) in [6.45, 7) is 4.79. The van der Waals surface area contributed by atoms with Crippen LogP contribution < -0.4 is 0 Å². The lowest BCUT2D eigenvalue weighted by molar-refractivity contribution is -0.129. The van der Waals surface area contributed by atoms with Crippen molar-refractivity contribution in [1.29, 1.82) is 0 Å². The van der Waals surface area contributed by atoms with Crippen LogP contribution in [0.1, 0.15) is 13.8 Å². The Morgan fingerprint density at radius 3 is 2.20 bits per heavy atom. The molecule has 4 nitrogen and oxygen atoms in total. The second kappa shape index (κ2) is 4.90. The highest BCUT2D eigenvalue weighted by molar-refractivity contribution is 5.78. The van der Waals surface area contributed by atoms with Gasteiger partial charge in [0.2, 0.25) is 5.91 Å². The summed E-state index contributed by atoms with van der Waals surface area (Å²) in [5.74, 6) is -0.194. The minimum atomic E-state index is -0.234. The van der Waals surface area contributed by atoms with Crippen molar-refractivity contribution in [1.82, 2.24) is 4.90 Å². The Kier molecular flexibility index (Phi) is 4.45. The van der Waals surface area contributed by atoms with Crippen LogP contribution in [0, 0.1) is 4.91 Å². The third-order valence-electron chi connectivity index (χ3n) is 1.32. The first-order valence-corrected chi connectivity index (χ1v) is 3.33. The van der Waals surface area contributed by atoms with Gasteiger partial charge in [0.15, 0.2) is 6.54 Å². The monoisotopic (exact) mass is 144 g/mol. The quantitative estimate of drug-likeness (QED) is 0.543. The number of likely N-dealkylation sites (N-methyl/N-ethyl adjacent to an activating group) is 1. The molecule has 4 heteroatoms. The maximum Gasteiger partial charge on any atom is 0.247 e. The predicted octanol–water partition coefficient (Wildman–Crippen LogP) is 0.621. The Bertz CT molecular complexity index is 121. The van der Waals surface area contributed by atoms with E-state index in [1.807, 2.05) is 13.8 Å². The van der Waals surface area contributed by atoms with E-state index in [2.05, 4.69) is 5.18 Å². The Labute approximate surface area is 60.2 Å². The molecule has 0 aliphatic rings. The fourth-order valence-electron chi connectivity index (χ4n) is 0.732. The molecule has 0 heterocycles. The second-order valence-corrected chi connectivity index (χ2v) is 1.85. The van der Waals surface area contributed by atoms with E-state index in [1.54, 1.807) is 4.90 Å². The van der Waals surface area contributed by atoms with Crippen LogP contribution in [0.3, 0.4) is 0 Å². The van der Waals surface area contributed by atoms with Crippen LogP contribution in [0.25, 0.3) is 0 Å². The first-order chi connectivity index (χ1) is 4.76. The largest absolute Gasteiger partial charge is 0.342 e. The van der Waals surface area contributed by atoms with Gasteiger partial charge in [0.1, 0.15) is 0 Å². The molecule has 0 unspecified atom stereocenters. The summed E-state index contributed by atoms with van der Waals surface area (Å²) in [7, 11) is 0. The number of hydrogen-bond donors (Lipinski definition) is 0. The van der Waals surface area contributed by atoms with Crippen molar-refractivity contribution in [3.8, 4) is 0 Å². The van der Waals surface area contributed by atoms with Gasteiger partial charge in [0.05, 0.1) is 0 Å². The van der Waals surface area contributed by atoms with Crippen LogP contribution >= 0.6 is 0 Å². The van der Waals surface area contributed by atoms with Crippen LogP contribution in [0.5, 0.6) is 0 Å². The lowest BCUT2D eigenvalue weighted by atomic mass is 10.4. The maximum atomic E-state index is 10.8. The fourth-order valence-corrected chi connectivity index (χ4v) is 0.732. The lowest BCUT2D eigenvalue weighted by Gasteiger charge is -2.15. The summed E-state index contributed by atoms with van der Waals surface area (Å²) in [5.41, 5.74) is 0. The molecule has 0 fully saturated rings. The summed E-state index contributed by atoms with van der Waals surface area (Å²) in [6.07, 6.45) is 0. The van der Waals surface area contributed by atoms with Crippen molar-refractivity contribution < 1.29 is 4.79 Å². The molecule has 0 saturated carbocycles.